The molecule has 0 spiro atoms. The summed E-state index contributed by atoms with van der Waals surface area (Å²) >= 11 is 0. The van der Waals surface area contributed by atoms with Crippen LogP contribution in [0.5, 0.6) is 0 Å². The molecule has 0 aliphatic carbocycles. The first-order valence-electron chi connectivity index (χ1n) is 7.25. The lowest BCUT2D eigenvalue weighted by Crippen LogP contribution is -2.32. The molecule has 0 atom stereocenters. The van der Waals surface area contributed by atoms with Gasteiger partial charge in [0.1, 0.15) is 5.78 Å². The minimum absolute atomic E-state index is 0.00766. The number of Topliss-reactive ketones (excluding diaryl/α,β-unsaturated/α-hetero) is 1. The van der Waals surface area contributed by atoms with Crippen LogP contribution in [-0.2, 0) is 14.3 Å². The zero-order chi connectivity index (χ0) is 16.9. The molecule has 0 aliphatic rings. The van der Waals surface area contributed by atoms with Crippen molar-refractivity contribution in [3.05, 3.63) is 0 Å². The topological polar surface area (TPSA) is 43.4 Å². The SMILES string of the molecule is CC(C)(C)C(=O)C(C)(C)C.CC(C)OC(=O)C(C)(C)C. The van der Waals surface area contributed by atoms with E-state index in [4.69, 9.17) is 4.74 Å². The Labute approximate surface area is 125 Å². The summed E-state index contributed by atoms with van der Waals surface area (Å²) in [5.41, 5.74) is -0.763. The third kappa shape index (κ3) is 9.99. The van der Waals surface area contributed by atoms with Gasteiger partial charge in [0.15, 0.2) is 0 Å². The first-order valence-corrected chi connectivity index (χ1v) is 7.25. The first kappa shape index (κ1) is 21.4. The second-order valence-electron chi connectivity index (χ2n) is 8.53. The second-order valence-corrected chi connectivity index (χ2v) is 8.53. The summed E-state index contributed by atoms with van der Waals surface area (Å²) in [6.07, 6.45) is -0.00766. The van der Waals surface area contributed by atoms with E-state index in [1.165, 1.54) is 0 Å². The molecule has 0 aliphatic heterocycles. The van der Waals surface area contributed by atoms with E-state index in [9.17, 15) is 9.59 Å². The van der Waals surface area contributed by atoms with Crippen LogP contribution in [0.1, 0.15) is 76.2 Å². The van der Waals surface area contributed by atoms with E-state index < -0.39 is 0 Å². The molecular weight excluding hydrogens is 252 g/mol. The molecule has 0 bridgehead atoms. The Morgan fingerprint density at radius 2 is 1.00 bits per heavy atom. The number of carbonyl (C=O) groups is 2. The Balaban J connectivity index is 0. The molecule has 0 N–H and O–H groups in total. The van der Waals surface area contributed by atoms with E-state index >= 15 is 0 Å². The fourth-order valence-electron chi connectivity index (χ4n) is 1.52. The molecule has 0 amide bonds. The number of rotatable bonds is 1. The Morgan fingerprint density at radius 3 is 1.05 bits per heavy atom. The summed E-state index contributed by atoms with van der Waals surface area (Å²) in [6.45, 7) is 21.0. The highest BCUT2D eigenvalue weighted by atomic mass is 16.5. The predicted molar refractivity (Wildman–Crippen MR) is 84.6 cm³/mol. The molecule has 0 aromatic heterocycles. The fourth-order valence-corrected chi connectivity index (χ4v) is 1.52. The van der Waals surface area contributed by atoms with E-state index in [2.05, 4.69) is 0 Å². The van der Waals surface area contributed by atoms with Crippen LogP contribution < -0.4 is 0 Å². The molecule has 0 unspecified atom stereocenters. The van der Waals surface area contributed by atoms with Crippen LogP contribution in [0.15, 0.2) is 0 Å². The molecule has 0 saturated heterocycles. The maximum absolute atomic E-state index is 11.5. The van der Waals surface area contributed by atoms with Gasteiger partial charge < -0.3 is 4.74 Å². The van der Waals surface area contributed by atoms with Gasteiger partial charge in [-0.2, -0.15) is 0 Å². The molecule has 20 heavy (non-hydrogen) atoms. The molecule has 3 heteroatoms. The maximum atomic E-state index is 11.5. The van der Waals surface area contributed by atoms with Gasteiger partial charge in [-0.15, -0.1) is 0 Å². The van der Waals surface area contributed by atoms with E-state index in [1.54, 1.807) is 0 Å². The van der Waals surface area contributed by atoms with Crippen molar-refractivity contribution in [3.63, 3.8) is 0 Å². The Hall–Kier alpha value is -0.860. The van der Waals surface area contributed by atoms with Crippen LogP contribution in [-0.4, -0.2) is 17.9 Å². The first-order chi connectivity index (χ1) is 8.49. The predicted octanol–water partition coefficient (Wildman–Crippen LogP) is 4.63. The van der Waals surface area contributed by atoms with Gasteiger partial charge in [-0.1, -0.05) is 41.5 Å². The molecule has 0 aromatic carbocycles. The summed E-state index contributed by atoms with van der Waals surface area (Å²) in [4.78, 5) is 22.5. The molecule has 0 saturated carbocycles. The molecular formula is C17H34O3. The highest BCUT2D eigenvalue weighted by molar-refractivity contribution is 5.88. The lowest BCUT2D eigenvalue weighted by molar-refractivity contribution is -0.156. The molecule has 0 rings (SSSR count). The zero-order valence-corrected chi connectivity index (χ0v) is 15.3. The number of hydrogen-bond donors (Lipinski definition) is 0. The molecule has 120 valence electrons. The lowest BCUT2D eigenvalue weighted by atomic mass is 9.76. The van der Waals surface area contributed by atoms with Crippen LogP contribution in [0.4, 0.5) is 0 Å². The van der Waals surface area contributed by atoms with Gasteiger partial charge in [-0.05, 0) is 34.6 Å². The Kier molecular flexibility index (Phi) is 7.76. The van der Waals surface area contributed by atoms with Crippen molar-refractivity contribution < 1.29 is 14.3 Å². The fraction of sp³-hybridized carbons (Fsp3) is 0.882. The summed E-state index contributed by atoms with van der Waals surface area (Å²) in [5, 5.41) is 0. The number of ether oxygens (including phenoxy) is 1. The van der Waals surface area contributed by atoms with E-state index in [1.807, 2.05) is 76.2 Å². The quantitative estimate of drug-likeness (QED) is 0.660. The van der Waals surface area contributed by atoms with Crippen molar-refractivity contribution in [3.8, 4) is 0 Å². The van der Waals surface area contributed by atoms with Gasteiger partial charge in [-0.3, -0.25) is 9.59 Å². The average Bonchev–Trinajstić information content (AvgIpc) is 2.12. The normalized spacial score (nSPS) is 12.6. The summed E-state index contributed by atoms with van der Waals surface area (Å²) < 4.78 is 4.98. The second kappa shape index (κ2) is 7.24. The van der Waals surface area contributed by atoms with E-state index in [0.717, 1.165) is 0 Å². The molecule has 0 fully saturated rings. The highest BCUT2D eigenvalue weighted by Crippen LogP contribution is 2.27. The Morgan fingerprint density at radius 1 is 0.700 bits per heavy atom. The van der Waals surface area contributed by atoms with Crippen LogP contribution in [0, 0.1) is 16.2 Å². The van der Waals surface area contributed by atoms with Crippen LogP contribution in [0.3, 0.4) is 0 Å². The minimum Gasteiger partial charge on any atom is -0.463 e. The van der Waals surface area contributed by atoms with Crippen LogP contribution in [0.25, 0.3) is 0 Å². The van der Waals surface area contributed by atoms with Crippen LogP contribution in [0.2, 0.25) is 0 Å². The molecule has 0 aromatic rings. The monoisotopic (exact) mass is 286 g/mol. The lowest BCUT2D eigenvalue weighted by Gasteiger charge is -2.26. The van der Waals surface area contributed by atoms with Gasteiger partial charge in [0.2, 0.25) is 0 Å². The largest absolute Gasteiger partial charge is 0.463 e. The van der Waals surface area contributed by atoms with Crippen molar-refractivity contribution in [2.24, 2.45) is 16.2 Å². The number of esters is 1. The van der Waals surface area contributed by atoms with Crippen molar-refractivity contribution in [2.75, 3.05) is 0 Å². The van der Waals surface area contributed by atoms with Crippen LogP contribution >= 0.6 is 0 Å². The van der Waals surface area contributed by atoms with Gasteiger partial charge in [0.25, 0.3) is 0 Å². The molecule has 0 heterocycles. The van der Waals surface area contributed by atoms with Crippen molar-refractivity contribution in [1.29, 1.82) is 0 Å². The van der Waals surface area contributed by atoms with Gasteiger partial charge in [0.05, 0.1) is 11.5 Å². The van der Waals surface area contributed by atoms with Gasteiger partial charge >= 0.3 is 5.97 Å². The number of hydrogen-bond acceptors (Lipinski definition) is 3. The molecule has 0 radical (unpaired) electrons. The zero-order valence-electron chi connectivity index (χ0n) is 15.3. The summed E-state index contributed by atoms with van der Waals surface area (Å²) in [6, 6.07) is 0. The summed E-state index contributed by atoms with van der Waals surface area (Å²) in [5.74, 6) is 0.183. The third-order valence-corrected chi connectivity index (χ3v) is 2.32. The molecule has 3 nitrogen and oxygen atoms in total. The third-order valence-electron chi connectivity index (χ3n) is 2.32. The van der Waals surface area contributed by atoms with Gasteiger partial charge in [-0.25, -0.2) is 0 Å². The average molecular weight is 286 g/mol. The van der Waals surface area contributed by atoms with Crippen molar-refractivity contribution in [1.82, 2.24) is 0 Å². The van der Waals surface area contributed by atoms with E-state index in [0.29, 0.717) is 5.78 Å². The van der Waals surface area contributed by atoms with Crippen molar-refractivity contribution >= 4 is 11.8 Å². The minimum atomic E-state index is -0.371. The standard InChI is InChI=1S/C9H18O.C8H16O2/c1-8(2,3)7(10)9(4,5)6;1-6(2)10-7(9)8(3,4)5/h1-6H3;6H,1-5H3. The number of carbonyl (C=O) groups excluding carboxylic acids is 2. The van der Waals surface area contributed by atoms with E-state index in [-0.39, 0.29) is 28.3 Å². The Bertz CT molecular complexity index is 304. The maximum Gasteiger partial charge on any atom is 0.311 e. The van der Waals surface area contributed by atoms with Crippen molar-refractivity contribution in [2.45, 2.75) is 82.3 Å². The highest BCUT2D eigenvalue weighted by Gasteiger charge is 2.31. The summed E-state index contributed by atoms with van der Waals surface area (Å²) in [7, 11) is 0. The smallest absolute Gasteiger partial charge is 0.311 e. The number of ketones is 1. The van der Waals surface area contributed by atoms with Gasteiger partial charge in [0, 0.05) is 10.8 Å².